The number of nitrogens with zero attached hydrogens (tertiary/aromatic N) is 2. The van der Waals surface area contributed by atoms with Crippen LogP contribution >= 0.6 is 0 Å². The van der Waals surface area contributed by atoms with E-state index in [-0.39, 0.29) is 0 Å². The van der Waals surface area contributed by atoms with Gasteiger partial charge < -0.3 is 5.32 Å². The van der Waals surface area contributed by atoms with Crippen LogP contribution in [0.5, 0.6) is 0 Å². The van der Waals surface area contributed by atoms with Crippen LogP contribution in [-0.4, -0.2) is 16.8 Å². The van der Waals surface area contributed by atoms with Gasteiger partial charge in [0, 0.05) is 24.8 Å². The standard InChI is InChI=1S/C15H27N3/c1-4-5-12-6-8-13(9-7-12)15(16-2)14-10-17-18(3)11-14/h10-13,15-16H,4-9H2,1-3H3. The average Bonchev–Trinajstić information content (AvgIpc) is 2.79. The van der Waals surface area contributed by atoms with Gasteiger partial charge >= 0.3 is 0 Å². The summed E-state index contributed by atoms with van der Waals surface area (Å²) in [7, 11) is 4.07. The monoisotopic (exact) mass is 249 g/mol. The van der Waals surface area contributed by atoms with Gasteiger partial charge in [0.15, 0.2) is 0 Å². The highest BCUT2D eigenvalue weighted by atomic mass is 15.2. The normalized spacial score (nSPS) is 26.2. The van der Waals surface area contributed by atoms with Crippen LogP contribution in [0.4, 0.5) is 0 Å². The molecule has 18 heavy (non-hydrogen) atoms. The Hall–Kier alpha value is -0.830. The number of aromatic nitrogens is 2. The van der Waals surface area contributed by atoms with E-state index in [1.54, 1.807) is 0 Å². The lowest BCUT2D eigenvalue weighted by atomic mass is 9.76. The van der Waals surface area contributed by atoms with Crippen molar-refractivity contribution in [2.24, 2.45) is 18.9 Å². The second-order valence-electron chi connectivity index (χ2n) is 5.78. The highest BCUT2D eigenvalue weighted by Gasteiger charge is 2.27. The van der Waals surface area contributed by atoms with Gasteiger partial charge in [-0.15, -0.1) is 0 Å². The van der Waals surface area contributed by atoms with Crippen LogP contribution in [0, 0.1) is 11.8 Å². The fourth-order valence-corrected chi connectivity index (χ4v) is 3.49. The Labute approximate surface area is 111 Å². The first-order valence-electron chi connectivity index (χ1n) is 7.40. The Morgan fingerprint density at radius 3 is 2.61 bits per heavy atom. The summed E-state index contributed by atoms with van der Waals surface area (Å²) in [5, 5.41) is 7.80. The summed E-state index contributed by atoms with van der Waals surface area (Å²) in [5.74, 6) is 1.77. The molecule has 1 unspecified atom stereocenters. The molecular formula is C15H27N3. The van der Waals surface area contributed by atoms with E-state index in [2.05, 4.69) is 30.6 Å². The Kier molecular flexibility index (Phi) is 4.81. The summed E-state index contributed by atoms with van der Waals surface area (Å²) < 4.78 is 1.91. The third-order valence-electron chi connectivity index (χ3n) is 4.45. The van der Waals surface area contributed by atoms with Crippen LogP contribution in [0.25, 0.3) is 0 Å². The van der Waals surface area contributed by atoms with Crippen molar-refractivity contribution >= 4 is 0 Å². The zero-order valence-corrected chi connectivity index (χ0v) is 12.0. The molecule has 1 aromatic rings. The molecule has 0 aromatic carbocycles. The zero-order chi connectivity index (χ0) is 13.0. The van der Waals surface area contributed by atoms with Crippen LogP contribution in [-0.2, 0) is 7.05 Å². The molecular weight excluding hydrogens is 222 g/mol. The number of hydrogen-bond donors (Lipinski definition) is 1. The zero-order valence-electron chi connectivity index (χ0n) is 12.0. The van der Waals surface area contributed by atoms with Crippen molar-refractivity contribution in [3.63, 3.8) is 0 Å². The molecule has 1 heterocycles. The van der Waals surface area contributed by atoms with Crippen LogP contribution in [0.15, 0.2) is 12.4 Å². The summed E-state index contributed by atoms with van der Waals surface area (Å²) in [4.78, 5) is 0. The first kappa shape index (κ1) is 13.6. The lowest BCUT2D eigenvalue weighted by Gasteiger charge is -2.33. The topological polar surface area (TPSA) is 29.9 Å². The predicted octanol–water partition coefficient (Wildman–Crippen LogP) is 3.29. The molecule has 1 aliphatic carbocycles. The minimum absolute atomic E-state index is 0.487. The van der Waals surface area contributed by atoms with E-state index in [4.69, 9.17) is 0 Å². The lowest BCUT2D eigenvalue weighted by Crippen LogP contribution is -2.28. The number of aryl methyl sites for hydroxylation is 1. The quantitative estimate of drug-likeness (QED) is 0.868. The highest BCUT2D eigenvalue weighted by molar-refractivity contribution is 5.11. The maximum absolute atomic E-state index is 4.30. The third-order valence-corrected chi connectivity index (χ3v) is 4.45. The molecule has 3 heteroatoms. The molecule has 1 aliphatic rings. The molecule has 0 saturated heterocycles. The van der Waals surface area contributed by atoms with E-state index >= 15 is 0 Å². The largest absolute Gasteiger partial charge is 0.313 e. The van der Waals surface area contributed by atoms with Crippen LogP contribution in [0.2, 0.25) is 0 Å². The molecule has 0 aliphatic heterocycles. The van der Waals surface area contributed by atoms with Crippen molar-refractivity contribution in [2.75, 3.05) is 7.05 Å². The molecule has 0 spiro atoms. The van der Waals surface area contributed by atoms with Crippen molar-refractivity contribution in [3.05, 3.63) is 18.0 Å². The Morgan fingerprint density at radius 1 is 1.39 bits per heavy atom. The van der Waals surface area contributed by atoms with Gasteiger partial charge in [0.05, 0.1) is 6.20 Å². The lowest BCUT2D eigenvalue weighted by molar-refractivity contribution is 0.219. The van der Waals surface area contributed by atoms with E-state index in [1.165, 1.54) is 44.1 Å². The first-order valence-corrected chi connectivity index (χ1v) is 7.40. The second kappa shape index (κ2) is 6.37. The first-order chi connectivity index (χ1) is 8.74. The van der Waals surface area contributed by atoms with E-state index in [9.17, 15) is 0 Å². The van der Waals surface area contributed by atoms with E-state index in [0.717, 1.165) is 11.8 Å². The van der Waals surface area contributed by atoms with Gasteiger partial charge in [0.25, 0.3) is 0 Å². The van der Waals surface area contributed by atoms with Crippen molar-refractivity contribution in [1.82, 2.24) is 15.1 Å². The van der Waals surface area contributed by atoms with Crippen LogP contribution in [0.1, 0.15) is 57.1 Å². The summed E-state index contributed by atoms with van der Waals surface area (Å²) in [6, 6.07) is 0.487. The highest BCUT2D eigenvalue weighted by Crippen LogP contribution is 2.38. The van der Waals surface area contributed by atoms with E-state index in [1.807, 2.05) is 17.9 Å². The van der Waals surface area contributed by atoms with Gasteiger partial charge in [0.1, 0.15) is 0 Å². The molecule has 1 atom stereocenters. The molecule has 1 aromatic heterocycles. The van der Waals surface area contributed by atoms with Gasteiger partial charge in [-0.1, -0.05) is 32.6 Å². The van der Waals surface area contributed by atoms with Gasteiger partial charge in [-0.2, -0.15) is 5.10 Å². The minimum Gasteiger partial charge on any atom is -0.313 e. The predicted molar refractivity (Wildman–Crippen MR) is 75.4 cm³/mol. The molecule has 1 saturated carbocycles. The van der Waals surface area contributed by atoms with Crippen molar-refractivity contribution in [2.45, 2.75) is 51.5 Å². The number of hydrogen-bond acceptors (Lipinski definition) is 2. The van der Waals surface area contributed by atoms with Gasteiger partial charge in [-0.05, 0) is 31.7 Å². The molecule has 0 bridgehead atoms. The Morgan fingerprint density at radius 2 is 2.11 bits per heavy atom. The number of nitrogens with one attached hydrogen (secondary N) is 1. The summed E-state index contributed by atoms with van der Waals surface area (Å²) in [6.45, 7) is 2.30. The molecule has 1 N–H and O–H groups in total. The van der Waals surface area contributed by atoms with Crippen molar-refractivity contribution in [1.29, 1.82) is 0 Å². The summed E-state index contributed by atoms with van der Waals surface area (Å²) >= 11 is 0. The Balaban J connectivity index is 1.94. The smallest absolute Gasteiger partial charge is 0.0537 e. The molecule has 0 amide bonds. The van der Waals surface area contributed by atoms with Gasteiger partial charge in [-0.25, -0.2) is 0 Å². The fraction of sp³-hybridized carbons (Fsp3) is 0.800. The summed E-state index contributed by atoms with van der Waals surface area (Å²) in [6.07, 6.45) is 12.5. The molecule has 3 nitrogen and oxygen atoms in total. The molecule has 2 rings (SSSR count). The van der Waals surface area contributed by atoms with Gasteiger partial charge in [0.2, 0.25) is 0 Å². The Bertz CT molecular complexity index is 350. The van der Waals surface area contributed by atoms with Crippen molar-refractivity contribution in [3.8, 4) is 0 Å². The fourth-order valence-electron chi connectivity index (χ4n) is 3.49. The van der Waals surface area contributed by atoms with E-state index < -0.39 is 0 Å². The number of rotatable bonds is 5. The molecule has 0 radical (unpaired) electrons. The summed E-state index contributed by atoms with van der Waals surface area (Å²) in [5.41, 5.74) is 1.35. The minimum atomic E-state index is 0.487. The van der Waals surface area contributed by atoms with Crippen LogP contribution in [0.3, 0.4) is 0 Å². The molecule has 102 valence electrons. The third kappa shape index (κ3) is 3.14. The maximum Gasteiger partial charge on any atom is 0.0537 e. The SMILES string of the molecule is CCCC1CCC(C(NC)c2cnn(C)c2)CC1. The van der Waals surface area contributed by atoms with Crippen LogP contribution < -0.4 is 5.32 Å². The van der Waals surface area contributed by atoms with Crippen molar-refractivity contribution < 1.29 is 0 Å². The van der Waals surface area contributed by atoms with Gasteiger partial charge in [-0.3, -0.25) is 4.68 Å². The molecule has 1 fully saturated rings. The maximum atomic E-state index is 4.30. The van der Waals surface area contributed by atoms with E-state index in [0.29, 0.717) is 6.04 Å². The average molecular weight is 249 g/mol. The second-order valence-corrected chi connectivity index (χ2v) is 5.78.